The number of nitrogens with zero attached hydrogens (tertiary/aromatic N) is 2. The SMILES string of the molecule is CC=CCCc1ccc(C=NN=Cc2ccc(Cl)cc2)cc1. The van der Waals surface area contributed by atoms with Crippen LogP contribution in [0.25, 0.3) is 0 Å². The van der Waals surface area contributed by atoms with Crippen LogP contribution >= 0.6 is 11.6 Å². The summed E-state index contributed by atoms with van der Waals surface area (Å²) in [5.74, 6) is 0. The molecular weight excluding hydrogens is 292 g/mol. The van der Waals surface area contributed by atoms with Crippen molar-refractivity contribution in [3.05, 3.63) is 82.4 Å². The van der Waals surface area contributed by atoms with Crippen molar-refractivity contribution >= 4 is 24.0 Å². The van der Waals surface area contributed by atoms with Crippen LogP contribution in [0, 0.1) is 0 Å². The molecule has 0 bridgehead atoms. The molecule has 2 rings (SSSR count). The highest BCUT2D eigenvalue weighted by Gasteiger charge is 1.92. The van der Waals surface area contributed by atoms with Crippen LogP contribution in [0.3, 0.4) is 0 Å². The number of rotatable bonds is 6. The van der Waals surface area contributed by atoms with Crippen molar-refractivity contribution in [3.8, 4) is 0 Å². The van der Waals surface area contributed by atoms with Gasteiger partial charge < -0.3 is 0 Å². The molecule has 0 N–H and O–H groups in total. The average molecular weight is 311 g/mol. The van der Waals surface area contributed by atoms with Gasteiger partial charge in [0.05, 0.1) is 12.4 Å². The Morgan fingerprint density at radius 1 is 0.864 bits per heavy atom. The van der Waals surface area contributed by atoms with Crippen LogP contribution < -0.4 is 0 Å². The van der Waals surface area contributed by atoms with Crippen LogP contribution in [0.2, 0.25) is 5.02 Å². The molecule has 0 aliphatic carbocycles. The van der Waals surface area contributed by atoms with Gasteiger partial charge in [-0.15, -0.1) is 0 Å². The molecule has 0 aromatic heterocycles. The summed E-state index contributed by atoms with van der Waals surface area (Å²) in [5.41, 5.74) is 3.35. The van der Waals surface area contributed by atoms with Crippen molar-refractivity contribution in [1.29, 1.82) is 0 Å². The first kappa shape index (κ1) is 16.2. The zero-order valence-electron chi connectivity index (χ0n) is 12.6. The third-order valence-electron chi connectivity index (χ3n) is 3.17. The first-order chi connectivity index (χ1) is 10.8. The maximum absolute atomic E-state index is 5.83. The Morgan fingerprint density at radius 2 is 1.41 bits per heavy atom. The molecule has 0 amide bonds. The van der Waals surface area contributed by atoms with Gasteiger partial charge in [-0.1, -0.05) is 60.2 Å². The lowest BCUT2D eigenvalue weighted by Gasteiger charge is -1.98. The molecule has 3 heteroatoms. The maximum atomic E-state index is 5.83. The third-order valence-corrected chi connectivity index (χ3v) is 3.42. The second kappa shape index (κ2) is 8.96. The number of hydrogen-bond acceptors (Lipinski definition) is 2. The molecule has 0 aliphatic heterocycles. The van der Waals surface area contributed by atoms with Crippen LogP contribution in [0.1, 0.15) is 30.0 Å². The number of benzene rings is 2. The smallest absolute Gasteiger partial charge is 0.0568 e. The Labute approximate surface area is 136 Å². The van der Waals surface area contributed by atoms with Crippen molar-refractivity contribution < 1.29 is 0 Å². The number of halogens is 1. The lowest BCUT2D eigenvalue weighted by molar-refractivity contribution is 0.999. The Hall–Kier alpha value is -2.19. The van der Waals surface area contributed by atoms with Crippen molar-refractivity contribution in [3.63, 3.8) is 0 Å². The lowest BCUT2D eigenvalue weighted by atomic mass is 10.1. The normalized spacial score (nSPS) is 11.9. The highest BCUT2D eigenvalue weighted by atomic mass is 35.5. The minimum Gasteiger partial charge on any atom is -0.159 e. The molecule has 2 nitrogen and oxygen atoms in total. The van der Waals surface area contributed by atoms with Crippen LogP contribution in [0.4, 0.5) is 0 Å². The molecule has 0 radical (unpaired) electrons. The highest BCUT2D eigenvalue weighted by molar-refractivity contribution is 6.30. The van der Waals surface area contributed by atoms with E-state index in [2.05, 4.69) is 46.6 Å². The minimum absolute atomic E-state index is 0.718. The van der Waals surface area contributed by atoms with Crippen molar-refractivity contribution in [1.82, 2.24) is 0 Å². The molecule has 2 aromatic carbocycles. The van der Waals surface area contributed by atoms with Gasteiger partial charge in [-0.2, -0.15) is 10.2 Å². The van der Waals surface area contributed by atoms with Gasteiger partial charge in [-0.3, -0.25) is 0 Å². The predicted octanol–water partition coefficient (Wildman–Crippen LogP) is 5.30. The van der Waals surface area contributed by atoms with E-state index in [0.717, 1.165) is 29.0 Å². The summed E-state index contributed by atoms with van der Waals surface area (Å²) in [6, 6.07) is 15.9. The molecule has 0 saturated carbocycles. The summed E-state index contributed by atoms with van der Waals surface area (Å²) in [7, 11) is 0. The van der Waals surface area contributed by atoms with E-state index in [-0.39, 0.29) is 0 Å². The fourth-order valence-corrected chi connectivity index (χ4v) is 2.06. The summed E-state index contributed by atoms with van der Waals surface area (Å²) in [6.45, 7) is 2.05. The molecule has 112 valence electrons. The Kier molecular flexibility index (Phi) is 6.59. The van der Waals surface area contributed by atoms with E-state index in [1.807, 2.05) is 31.2 Å². The zero-order chi connectivity index (χ0) is 15.6. The zero-order valence-corrected chi connectivity index (χ0v) is 13.4. The second-order valence-electron chi connectivity index (χ2n) is 4.89. The van der Waals surface area contributed by atoms with Gasteiger partial charge >= 0.3 is 0 Å². The van der Waals surface area contributed by atoms with E-state index < -0.39 is 0 Å². The molecular formula is C19H19ClN2. The molecule has 2 aromatic rings. The largest absolute Gasteiger partial charge is 0.159 e. The summed E-state index contributed by atoms with van der Waals surface area (Å²) < 4.78 is 0. The molecule has 0 aliphatic rings. The standard InChI is InChI=1S/C19H19ClN2/c1-2-3-4-5-16-6-8-17(9-7-16)14-21-22-15-18-10-12-19(20)13-11-18/h2-3,6-15H,4-5H2,1H3. The molecule has 0 spiro atoms. The Morgan fingerprint density at radius 3 is 1.95 bits per heavy atom. The molecule has 0 saturated heterocycles. The van der Waals surface area contributed by atoms with Gasteiger partial charge in [0.2, 0.25) is 0 Å². The number of allylic oxidation sites excluding steroid dienone is 2. The first-order valence-electron chi connectivity index (χ1n) is 7.30. The Bertz CT molecular complexity index is 653. The van der Waals surface area contributed by atoms with Gasteiger partial charge in [0.15, 0.2) is 0 Å². The van der Waals surface area contributed by atoms with Gasteiger partial charge in [-0.25, -0.2) is 0 Å². The number of aryl methyl sites for hydroxylation is 1. The summed E-state index contributed by atoms with van der Waals surface area (Å²) >= 11 is 5.83. The molecule has 0 heterocycles. The van der Waals surface area contributed by atoms with E-state index in [9.17, 15) is 0 Å². The van der Waals surface area contributed by atoms with Gasteiger partial charge in [-0.05, 0) is 48.6 Å². The Balaban J connectivity index is 1.88. The molecule has 22 heavy (non-hydrogen) atoms. The van der Waals surface area contributed by atoms with Crippen molar-refractivity contribution in [2.75, 3.05) is 0 Å². The lowest BCUT2D eigenvalue weighted by Crippen LogP contribution is -1.86. The first-order valence-corrected chi connectivity index (χ1v) is 7.68. The van der Waals surface area contributed by atoms with E-state index in [1.54, 1.807) is 12.4 Å². The van der Waals surface area contributed by atoms with E-state index in [1.165, 1.54) is 5.56 Å². The van der Waals surface area contributed by atoms with Crippen molar-refractivity contribution in [2.24, 2.45) is 10.2 Å². The third kappa shape index (κ3) is 5.66. The van der Waals surface area contributed by atoms with E-state index in [0.29, 0.717) is 0 Å². The van der Waals surface area contributed by atoms with Crippen molar-refractivity contribution in [2.45, 2.75) is 19.8 Å². The van der Waals surface area contributed by atoms with Crippen LogP contribution in [0.15, 0.2) is 70.9 Å². The van der Waals surface area contributed by atoms with Gasteiger partial charge in [0.25, 0.3) is 0 Å². The van der Waals surface area contributed by atoms with E-state index >= 15 is 0 Å². The summed E-state index contributed by atoms with van der Waals surface area (Å²) in [6.07, 6.45) is 9.87. The second-order valence-corrected chi connectivity index (χ2v) is 5.33. The fraction of sp³-hybridized carbons (Fsp3) is 0.158. The van der Waals surface area contributed by atoms with Crippen LogP contribution in [0.5, 0.6) is 0 Å². The van der Waals surface area contributed by atoms with Gasteiger partial charge in [0, 0.05) is 5.02 Å². The highest BCUT2D eigenvalue weighted by Crippen LogP contribution is 2.08. The topological polar surface area (TPSA) is 24.7 Å². The van der Waals surface area contributed by atoms with Crippen LogP contribution in [-0.2, 0) is 6.42 Å². The summed E-state index contributed by atoms with van der Waals surface area (Å²) in [4.78, 5) is 0. The molecule has 0 unspecified atom stereocenters. The quantitative estimate of drug-likeness (QED) is 0.393. The average Bonchev–Trinajstić information content (AvgIpc) is 2.55. The van der Waals surface area contributed by atoms with Crippen LogP contribution in [-0.4, -0.2) is 12.4 Å². The number of hydrogen-bond donors (Lipinski definition) is 0. The minimum atomic E-state index is 0.718. The molecule has 0 fully saturated rings. The predicted molar refractivity (Wildman–Crippen MR) is 96.2 cm³/mol. The fourth-order valence-electron chi connectivity index (χ4n) is 1.94. The molecule has 0 atom stereocenters. The monoisotopic (exact) mass is 310 g/mol. The van der Waals surface area contributed by atoms with Gasteiger partial charge in [0.1, 0.15) is 0 Å². The maximum Gasteiger partial charge on any atom is 0.0568 e. The summed E-state index contributed by atoms with van der Waals surface area (Å²) in [5, 5.41) is 8.82. The van der Waals surface area contributed by atoms with E-state index in [4.69, 9.17) is 11.6 Å².